The van der Waals surface area contributed by atoms with Gasteiger partial charge in [0, 0.05) is 26.7 Å². The van der Waals surface area contributed by atoms with Crippen LogP contribution in [0.5, 0.6) is 0 Å². The van der Waals surface area contributed by atoms with Crippen molar-refractivity contribution in [3.63, 3.8) is 0 Å². The lowest BCUT2D eigenvalue weighted by Gasteiger charge is -2.11. The topological polar surface area (TPSA) is 99.2 Å². The Labute approximate surface area is 114 Å². The first-order valence-electron chi connectivity index (χ1n) is 6.04. The number of sulfonamides is 1. The lowest BCUT2D eigenvalue weighted by Crippen LogP contribution is -2.33. The van der Waals surface area contributed by atoms with Gasteiger partial charge in [0.15, 0.2) is 0 Å². The highest BCUT2D eigenvalue weighted by Crippen LogP contribution is 2.18. The van der Waals surface area contributed by atoms with E-state index < -0.39 is 10.0 Å². The zero-order valence-electron chi connectivity index (χ0n) is 11.8. The van der Waals surface area contributed by atoms with E-state index in [0.29, 0.717) is 24.4 Å². The first-order valence-corrected chi connectivity index (χ1v) is 7.52. The molecule has 1 aromatic rings. The molecule has 7 nitrogen and oxygen atoms in total. The van der Waals surface area contributed by atoms with Crippen molar-refractivity contribution in [3.8, 4) is 0 Å². The molecule has 1 heterocycles. The Kier molecular flexibility index (Phi) is 5.48. The van der Waals surface area contributed by atoms with Gasteiger partial charge in [0.25, 0.3) is 0 Å². The molecule has 1 aromatic heterocycles. The normalized spacial score (nSPS) is 13.7. The van der Waals surface area contributed by atoms with Crippen LogP contribution in [0.2, 0.25) is 0 Å². The third-order valence-electron chi connectivity index (χ3n) is 2.90. The molecular formula is C11H22N4O3S. The van der Waals surface area contributed by atoms with Gasteiger partial charge in [0.05, 0.1) is 18.0 Å². The Balaban J connectivity index is 2.72. The smallest absolute Gasteiger partial charge is 0.244 e. The average molecular weight is 290 g/mol. The first kappa shape index (κ1) is 16.1. The van der Waals surface area contributed by atoms with Gasteiger partial charge in [-0.05, 0) is 20.3 Å². The summed E-state index contributed by atoms with van der Waals surface area (Å²) in [5.41, 5.74) is 6.85. The van der Waals surface area contributed by atoms with Gasteiger partial charge in [0.1, 0.15) is 4.90 Å². The van der Waals surface area contributed by atoms with Gasteiger partial charge < -0.3 is 10.5 Å². The SMILES string of the molecule is COCC(N)CCNS(=O)(=O)c1c(C)nn(C)c1C. The highest BCUT2D eigenvalue weighted by molar-refractivity contribution is 7.89. The molecule has 0 amide bonds. The van der Waals surface area contributed by atoms with Gasteiger partial charge in [-0.1, -0.05) is 0 Å². The molecule has 110 valence electrons. The molecule has 0 radical (unpaired) electrons. The molecule has 0 aliphatic rings. The van der Waals surface area contributed by atoms with Crippen molar-refractivity contribution in [2.75, 3.05) is 20.3 Å². The Hall–Kier alpha value is -0.960. The fourth-order valence-corrected chi connectivity index (χ4v) is 3.37. The number of rotatable bonds is 7. The van der Waals surface area contributed by atoms with E-state index in [1.165, 1.54) is 0 Å². The molecular weight excluding hydrogens is 268 g/mol. The second kappa shape index (κ2) is 6.47. The fourth-order valence-electron chi connectivity index (χ4n) is 1.89. The van der Waals surface area contributed by atoms with Gasteiger partial charge in [-0.15, -0.1) is 0 Å². The summed E-state index contributed by atoms with van der Waals surface area (Å²) in [6.07, 6.45) is 0.519. The summed E-state index contributed by atoms with van der Waals surface area (Å²) in [4.78, 5) is 0.246. The van der Waals surface area contributed by atoms with Crippen molar-refractivity contribution < 1.29 is 13.2 Å². The molecule has 0 saturated carbocycles. The second-order valence-electron chi connectivity index (χ2n) is 4.53. The minimum Gasteiger partial charge on any atom is -0.383 e. The van der Waals surface area contributed by atoms with E-state index in [9.17, 15) is 8.42 Å². The molecule has 8 heteroatoms. The molecule has 1 unspecified atom stereocenters. The van der Waals surface area contributed by atoms with E-state index in [1.807, 2.05) is 0 Å². The van der Waals surface area contributed by atoms with E-state index in [4.69, 9.17) is 10.5 Å². The van der Waals surface area contributed by atoms with Gasteiger partial charge in [-0.2, -0.15) is 5.10 Å². The van der Waals surface area contributed by atoms with E-state index in [0.717, 1.165) is 0 Å². The molecule has 1 atom stereocenters. The van der Waals surface area contributed by atoms with Gasteiger partial charge in [0.2, 0.25) is 10.0 Å². The summed E-state index contributed by atoms with van der Waals surface area (Å²) in [6.45, 7) is 4.09. The predicted molar refractivity (Wildman–Crippen MR) is 72.3 cm³/mol. The molecule has 0 aliphatic carbocycles. The van der Waals surface area contributed by atoms with Crippen LogP contribution in [-0.4, -0.2) is 44.5 Å². The van der Waals surface area contributed by atoms with E-state index in [2.05, 4.69) is 9.82 Å². The van der Waals surface area contributed by atoms with Crippen LogP contribution < -0.4 is 10.5 Å². The van der Waals surface area contributed by atoms with Crippen molar-refractivity contribution in [2.24, 2.45) is 12.8 Å². The molecule has 0 aromatic carbocycles. The van der Waals surface area contributed by atoms with Gasteiger partial charge >= 0.3 is 0 Å². The maximum atomic E-state index is 12.2. The standard InChI is InChI=1S/C11H22N4O3S/c1-8-11(9(2)15(3)14-8)19(16,17)13-6-5-10(12)7-18-4/h10,13H,5-7,12H2,1-4H3. The monoisotopic (exact) mass is 290 g/mol. The summed E-state index contributed by atoms with van der Waals surface area (Å²) in [5.74, 6) is 0. The molecule has 0 bridgehead atoms. The summed E-state index contributed by atoms with van der Waals surface area (Å²) < 4.78 is 33.4. The number of nitrogens with two attached hydrogens (primary N) is 1. The molecule has 0 fully saturated rings. The number of hydrogen-bond donors (Lipinski definition) is 2. The van der Waals surface area contributed by atoms with Crippen molar-refractivity contribution in [3.05, 3.63) is 11.4 Å². The van der Waals surface area contributed by atoms with Crippen LogP contribution in [0.1, 0.15) is 17.8 Å². The summed E-state index contributed by atoms with van der Waals surface area (Å²) in [5, 5.41) is 4.10. The molecule has 0 aliphatic heterocycles. The summed E-state index contributed by atoms with van der Waals surface area (Å²) >= 11 is 0. The van der Waals surface area contributed by atoms with E-state index >= 15 is 0 Å². The molecule has 1 rings (SSSR count). The van der Waals surface area contributed by atoms with Crippen molar-refractivity contribution in [1.29, 1.82) is 0 Å². The van der Waals surface area contributed by atoms with Crippen molar-refractivity contribution in [1.82, 2.24) is 14.5 Å². The number of aromatic nitrogens is 2. The molecule has 3 N–H and O–H groups in total. The van der Waals surface area contributed by atoms with Crippen LogP contribution in [0.15, 0.2) is 4.90 Å². The molecule has 19 heavy (non-hydrogen) atoms. The van der Waals surface area contributed by atoms with Crippen LogP contribution in [0.25, 0.3) is 0 Å². The highest BCUT2D eigenvalue weighted by atomic mass is 32.2. The number of nitrogens with one attached hydrogen (secondary N) is 1. The molecule has 0 spiro atoms. The third-order valence-corrected chi connectivity index (χ3v) is 4.61. The zero-order chi connectivity index (χ0) is 14.6. The number of ether oxygens (including phenoxy) is 1. The van der Waals surface area contributed by atoms with Gasteiger partial charge in [-0.3, -0.25) is 4.68 Å². The first-order chi connectivity index (χ1) is 8.79. The Morgan fingerprint density at radius 1 is 1.47 bits per heavy atom. The summed E-state index contributed by atoms with van der Waals surface area (Å²) in [7, 11) is -0.261. The predicted octanol–water partition coefficient (Wildman–Crippen LogP) is -0.321. The molecule has 0 saturated heterocycles. The highest BCUT2D eigenvalue weighted by Gasteiger charge is 2.23. The lowest BCUT2D eigenvalue weighted by atomic mass is 10.2. The van der Waals surface area contributed by atoms with Crippen LogP contribution in [0.3, 0.4) is 0 Å². The fraction of sp³-hybridized carbons (Fsp3) is 0.727. The van der Waals surface area contributed by atoms with Crippen LogP contribution >= 0.6 is 0 Å². The van der Waals surface area contributed by atoms with Gasteiger partial charge in [-0.25, -0.2) is 13.1 Å². The average Bonchev–Trinajstić information content (AvgIpc) is 2.53. The number of methoxy groups -OCH3 is 1. The Morgan fingerprint density at radius 2 is 2.11 bits per heavy atom. The van der Waals surface area contributed by atoms with Crippen LogP contribution in [0, 0.1) is 13.8 Å². The Bertz CT molecular complexity index is 524. The van der Waals surface area contributed by atoms with E-state index in [-0.39, 0.29) is 17.5 Å². The minimum absolute atomic E-state index is 0.177. The van der Waals surface area contributed by atoms with Crippen LogP contribution in [-0.2, 0) is 21.8 Å². The van der Waals surface area contributed by atoms with Crippen molar-refractivity contribution in [2.45, 2.75) is 31.2 Å². The van der Waals surface area contributed by atoms with E-state index in [1.54, 1.807) is 32.7 Å². The Morgan fingerprint density at radius 3 is 2.58 bits per heavy atom. The second-order valence-corrected chi connectivity index (χ2v) is 6.23. The number of hydrogen-bond acceptors (Lipinski definition) is 5. The zero-order valence-corrected chi connectivity index (χ0v) is 12.6. The minimum atomic E-state index is -3.54. The largest absolute Gasteiger partial charge is 0.383 e. The maximum Gasteiger partial charge on any atom is 0.244 e. The third kappa shape index (κ3) is 4.00. The number of aryl methyl sites for hydroxylation is 2. The van der Waals surface area contributed by atoms with Crippen LogP contribution in [0.4, 0.5) is 0 Å². The lowest BCUT2D eigenvalue weighted by molar-refractivity contribution is 0.177. The maximum absolute atomic E-state index is 12.2. The summed E-state index contributed by atoms with van der Waals surface area (Å²) in [6, 6.07) is -0.177. The quantitative estimate of drug-likeness (QED) is 0.717. The van der Waals surface area contributed by atoms with Crippen molar-refractivity contribution >= 4 is 10.0 Å². The number of nitrogens with zero attached hydrogens (tertiary/aromatic N) is 2.